The fourth-order valence-corrected chi connectivity index (χ4v) is 4.92. The van der Waals surface area contributed by atoms with E-state index >= 15 is 0 Å². The Labute approximate surface area is 174 Å². The van der Waals surface area contributed by atoms with Crippen LogP contribution in [0.2, 0.25) is 10.0 Å². The molecule has 0 saturated heterocycles. The van der Waals surface area contributed by atoms with Crippen LogP contribution in [-0.2, 0) is 16.6 Å². The topological polar surface area (TPSA) is 75.3 Å². The molecule has 2 N–H and O–H groups in total. The zero-order valence-corrected chi connectivity index (χ0v) is 17.6. The molecule has 0 atom stereocenters. The summed E-state index contributed by atoms with van der Waals surface area (Å²) < 4.78 is 41.8. The molecule has 0 unspecified atom stereocenters. The van der Waals surface area contributed by atoms with Gasteiger partial charge in [-0.2, -0.15) is 0 Å². The van der Waals surface area contributed by atoms with Crippen LogP contribution >= 0.6 is 39.1 Å². The molecule has 0 spiro atoms. The first-order valence-electron chi connectivity index (χ1n) is 7.91. The second-order valence-corrected chi connectivity index (χ2v) is 9.49. The molecule has 1 aliphatic carbocycles. The fraction of sp³-hybridized carbons (Fsp3) is 0.235. The predicted octanol–water partition coefficient (Wildman–Crippen LogP) is 4.27. The summed E-state index contributed by atoms with van der Waals surface area (Å²) in [6.07, 6.45) is 1.52. The lowest BCUT2D eigenvalue weighted by molar-refractivity contribution is 0.0950. The van der Waals surface area contributed by atoms with Gasteiger partial charge >= 0.3 is 0 Å². The number of benzene rings is 2. The molecule has 3 rings (SSSR count). The Kier molecular flexibility index (Phi) is 6.12. The lowest BCUT2D eigenvalue weighted by atomic mass is 10.2. The van der Waals surface area contributed by atoms with Crippen molar-refractivity contribution in [1.82, 2.24) is 10.0 Å². The van der Waals surface area contributed by atoms with Crippen LogP contribution in [0.15, 0.2) is 39.7 Å². The third kappa shape index (κ3) is 5.00. The van der Waals surface area contributed by atoms with Crippen molar-refractivity contribution in [3.8, 4) is 0 Å². The number of rotatable bonds is 6. The molecular weight excluding hydrogens is 482 g/mol. The lowest BCUT2D eigenvalue weighted by Crippen LogP contribution is -2.27. The van der Waals surface area contributed by atoms with Crippen LogP contribution in [-0.4, -0.2) is 20.4 Å². The average Bonchev–Trinajstić information content (AvgIpc) is 3.38. The molecule has 0 heterocycles. The van der Waals surface area contributed by atoms with E-state index < -0.39 is 21.7 Å². The number of carbonyl (C=O) groups excluding carboxylic acids is 1. The summed E-state index contributed by atoms with van der Waals surface area (Å²) in [7, 11) is -3.87. The second kappa shape index (κ2) is 8.05. The van der Waals surface area contributed by atoms with Gasteiger partial charge in [-0.1, -0.05) is 39.1 Å². The first kappa shape index (κ1) is 20.5. The summed E-state index contributed by atoms with van der Waals surface area (Å²) in [5, 5.41) is 2.45. The molecule has 144 valence electrons. The number of carbonyl (C=O) groups is 1. The van der Waals surface area contributed by atoms with E-state index in [1.165, 1.54) is 18.2 Å². The second-order valence-electron chi connectivity index (χ2n) is 6.08. The normalized spacial score (nSPS) is 14.2. The zero-order valence-electron chi connectivity index (χ0n) is 13.7. The highest BCUT2D eigenvalue weighted by Crippen LogP contribution is 2.30. The lowest BCUT2D eigenvalue weighted by Gasteiger charge is -2.12. The first-order chi connectivity index (χ1) is 12.7. The molecule has 1 fully saturated rings. The molecule has 2 aromatic rings. The number of sulfonamides is 1. The van der Waals surface area contributed by atoms with Crippen LogP contribution in [0.1, 0.15) is 28.8 Å². The highest BCUT2D eigenvalue weighted by molar-refractivity contribution is 9.10. The standard InChI is InChI=1S/C17H14BrCl2FN2O3S/c18-10-1-4-15(21)9(5-10)8-22-17(24)12-6-16(14(20)7-13(12)19)27(25,26)23-11-2-3-11/h1,4-7,11,23H,2-3,8H2,(H,22,24). The number of nitrogens with one attached hydrogen (secondary N) is 2. The van der Waals surface area contributed by atoms with E-state index in [0.29, 0.717) is 4.47 Å². The van der Waals surface area contributed by atoms with E-state index in [-0.39, 0.29) is 38.7 Å². The van der Waals surface area contributed by atoms with Crippen LogP contribution in [0.5, 0.6) is 0 Å². The molecule has 0 bridgehead atoms. The van der Waals surface area contributed by atoms with Crippen molar-refractivity contribution in [2.24, 2.45) is 0 Å². The van der Waals surface area contributed by atoms with Crippen LogP contribution in [0.25, 0.3) is 0 Å². The van der Waals surface area contributed by atoms with Gasteiger partial charge in [-0.25, -0.2) is 17.5 Å². The van der Waals surface area contributed by atoms with E-state index in [9.17, 15) is 17.6 Å². The first-order valence-corrected chi connectivity index (χ1v) is 10.9. The van der Waals surface area contributed by atoms with Gasteiger partial charge in [0.05, 0.1) is 15.6 Å². The zero-order chi connectivity index (χ0) is 19.8. The van der Waals surface area contributed by atoms with Gasteiger partial charge in [0.2, 0.25) is 10.0 Å². The van der Waals surface area contributed by atoms with Crippen LogP contribution in [0, 0.1) is 5.82 Å². The van der Waals surface area contributed by atoms with Crippen molar-refractivity contribution >= 4 is 55.1 Å². The molecule has 1 amide bonds. The van der Waals surface area contributed by atoms with Crippen LogP contribution < -0.4 is 10.0 Å². The maximum absolute atomic E-state index is 13.8. The summed E-state index contributed by atoms with van der Waals surface area (Å²) in [5.74, 6) is -1.11. The number of hydrogen-bond acceptors (Lipinski definition) is 3. The van der Waals surface area contributed by atoms with E-state index in [1.54, 1.807) is 6.07 Å². The van der Waals surface area contributed by atoms with Crippen molar-refractivity contribution in [1.29, 1.82) is 0 Å². The molecular formula is C17H14BrCl2FN2O3S. The maximum atomic E-state index is 13.8. The van der Waals surface area contributed by atoms with Gasteiger partial charge < -0.3 is 5.32 Å². The Morgan fingerprint density at radius 1 is 1.19 bits per heavy atom. The van der Waals surface area contributed by atoms with Gasteiger partial charge in [0.1, 0.15) is 10.7 Å². The van der Waals surface area contributed by atoms with Crippen LogP contribution in [0.4, 0.5) is 4.39 Å². The molecule has 5 nitrogen and oxygen atoms in total. The maximum Gasteiger partial charge on any atom is 0.253 e. The van der Waals surface area contributed by atoms with Gasteiger partial charge in [-0.3, -0.25) is 4.79 Å². The van der Waals surface area contributed by atoms with Crippen molar-refractivity contribution in [3.63, 3.8) is 0 Å². The largest absolute Gasteiger partial charge is 0.348 e. The predicted molar refractivity (Wildman–Crippen MR) is 105 cm³/mol. The number of amides is 1. The Morgan fingerprint density at radius 3 is 2.56 bits per heavy atom. The minimum atomic E-state index is -3.87. The Hall–Kier alpha value is -1.19. The van der Waals surface area contributed by atoms with Crippen LogP contribution in [0.3, 0.4) is 0 Å². The molecule has 27 heavy (non-hydrogen) atoms. The summed E-state index contributed by atoms with van der Waals surface area (Å²) in [5.41, 5.74) is 0.207. The minimum absolute atomic E-state index is 0.00224. The fourth-order valence-electron chi connectivity index (χ4n) is 2.34. The van der Waals surface area contributed by atoms with Crippen molar-refractivity contribution in [2.45, 2.75) is 30.3 Å². The van der Waals surface area contributed by atoms with E-state index in [4.69, 9.17) is 23.2 Å². The summed E-state index contributed by atoms with van der Waals surface area (Å²) in [6, 6.07) is 6.57. The molecule has 0 aromatic heterocycles. The summed E-state index contributed by atoms with van der Waals surface area (Å²) in [4.78, 5) is 12.2. The average molecular weight is 496 g/mol. The SMILES string of the molecule is O=C(NCc1cc(Br)ccc1F)c1cc(S(=O)(=O)NC2CC2)c(Cl)cc1Cl. The van der Waals surface area contributed by atoms with Gasteiger partial charge in [0.25, 0.3) is 5.91 Å². The monoisotopic (exact) mass is 494 g/mol. The van der Waals surface area contributed by atoms with Gasteiger partial charge in [0.15, 0.2) is 0 Å². The Balaban J connectivity index is 1.83. The van der Waals surface area contributed by atoms with E-state index in [2.05, 4.69) is 26.0 Å². The minimum Gasteiger partial charge on any atom is -0.348 e. The number of hydrogen-bond donors (Lipinski definition) is 2. The molecule has 2 aromatic carbocycles. The molecule has 10 heteroatoms. The van der Waals surface area contributed by atoms with Gasteiger partial charge in [-0.05, 0) is 43.2 Å². The molecule has 1 saturated carbocycles. The molecule has 0 aliphatic heterocycles. The molecule has 0 radical (unpaired) electrons. The van der Waals surface area contributed by atoms with Crippen molar-refractivity contribution in [3.05, 3.63) is 61.8 Å². The Bertz CT molecular complexity index is 1010. The van der Waals surface area contributed by atoms with E-state index in [0.717, 1.165) is 18.9 Å². The third-order valence-electron chi connectivity index (χ3n) is 3.90. The highest BCUT2D eigenvalue weighted by atomic mass is 79.9. The van der Waals surface area contributed by atoms with Gasteiger partial charge in [0, 0.05) is 22.6 Å². The molecule has 1 aliphatic rings. The highest BCUT2D eigenvalue weighted by Gasteiger charge is 2.30. The quantitative estimate of drug-likeness (QED) is 0.628. The van der Waals surface area contributed by atoms with E-state index in [1.807, 2.05) is 0 Å². The number of halogens is 4. The Morgan fingerprint density at radius 2 is 1.89 bits per heavy atom. The third-order valence-corrected chi connectivity index (χ3v) is 6.69. The van der Waals surface area contributed by atoms with Crippen molar-refractivity contribution < 1.29 is 17.6 Å². The van der Waals surface area contributed by atoms with Crippen molar-refractivity contribution in [2.75, 3.05) is 0 Å². The van der Waals surface area contributed by atoms with Gasteiger partial charge in [-0.15, -0.1) is 0 Å². The summed E-state index contributed by atoms with van der Waals surface area (Å²) in [6.45, 7) is -0.0918. The summed E-state index contributed by atoms with van der Waals surface area (Å²) >= 11 is 15.3. The smallest absolute Gasteiger partial charge is 0.253 e.